The third kappa shape index (κ3) is 3.45. The number of aromatic nitrogens is 2. The SMILES string of the molecule is O=C(CCc1nc2ccccc2[nH]1)N/N=C/c1ccc2c(c1)OCO2. The second-order valence-corrected chi connectivity index (χ2v) is 5.61. The van der Waals surface area contributed by atoms with Crippen LogP contribution in [0.2, 0.25) is 0 Å². The lowest BCUT2D eigenvalue weighted by Gasteiger charge is -1.99. The Bertz CT molecular complexity index is 915. The number of hydrogen-bond donors (Lipinski definition) is 2. The van der Waals surface area contributed by atoms with Gasteiger partial charge in [0.15, 0.2) is 11.5 Å². The normalized spacial score (nSPS) is 12.8. The number of amides is 1. The highest BCUT2D eigenvalue weighted by molar-refractivity contribution is 5.83. The molecule has 0 saturated carbocycles. The number of H-pyrrole nitrogens is 1. The Kier molecular flexibility index (Phi) is 4.04. The number of nitrogens with zero attached hydrogens (tertiary/aromatic N) is 2. The van der Waals surface area contributed by atoms with Crippen molar-refractivity contribution < 1.29 is 14.3 Å². The molecule has 2 heterocycles. The van der Waals surface area contributed by atoms with E-state index in [9.17, 15) is 4.79 Å². The Hall–Kier alpha value is -3.35. The molecule has 7 nitrogen and oxygen atoms in total. The van der Waals surface area contributed by atoms with Crippen molar-refractivity contribution in [3.8, 4) is 11.5 Å². The van der Waals surface area contributed by atoms with Crippen LogP contribution >= 0.6 is 0 Å². The number of aromatic amines is 1. The van der Waals surface area contributed by atoms with Gasteiger partial charge in [-0.3, -0.25) is 4.79 Å². The third-order valence-corrected chi connectivity index (χ3v) is 3.83. The molecule has 7 heteroatoms. The fourth-order valence-electron chi connectivity index (χ4n) is 2.58. The van der Waals surface area contributed by atoms with E-state index < -0.39 is 0 Å². The quantitative estimate of drug-likeness (QED) is 0.553. The summed E-state index contributed by atoms with van der Waals surface area (Å²) in [5, 5.41) is 3.97. The summed E-state index contributed by atoms with van der Waals surface area (Å²) in [5.41, 5.74) is 5.21. The van der Waals surface area contributed by atoms with Crippen molar-refractivity contribution in [3.05, 3.63) is 53.9 Å². The largest absolute Gasteiger partial charge is 0.454 e. The number of rotatable bonds is 5. The lowest BCUT2D eigenvalue weighted by molar-refractivity contribution is -0.121. The van der Waals surface area contributed by atoms with E-state index in [2.05, 4.69) is 20.5 Å². The number of hydrogen-bond acceptors (Lipinski definition) is 5. The van der Waals surface area contributed by atoms with E-state index in [4.69, 9.17) is 9.47 Å². The van der Waals surface area contributed by atoms with Gasteiger partial charge in [-0.05, 0) is 35.9 Å². The number of nitrogens with one attached hydrogen (secondary N) is 2. The molecule has 4 rings (SSSR count). The molecule has 2 aromatic carbocycles. The van der Waals surface area contributed by atoms with Gasteiger partial charge in [0.1, 0.15) is 5.82 Å². The lowest BCUT2D eigenvalue weighted by atomic mass is 10.2. The average Bonchev–Trinajstić information content (AvgIpc) is 3.25. The predicted octanol–water partition coefficient (Wildman–Crippen LogP) is 2.37. The maximum Gasteiger partial charge on any atom is 0.240 e. The number of para-hydroxylation sites is 2. The third-order valence-electron chi connectivity index (χ3n) is 3.83. The number of imidazole rings is 1. The highest BCUT2D eigenvalue weighted by atomic mass is 16.7. The van der Waals surface area contributed by atoms with Crippen LogP contribution in [0.15, 0.2) is 47.6 Å². The first kappa shape index (κ1) is 15.2. The zero-order valence-corrected chi connectivity index (χ0v) is 13.4. The van der Waals surface area contributed by atoms with Gasteiger partial charge in [-0.15, -0.1) is 0 Å². The molecule has 1 aliphatic rings. The van der Waals surface area contributed by atoms with E-state index in [-0.39, 0.29) is 12.7 Å². The lowest BCUT2D eigenvalue weighted by Crippen LogP contribution is -2.18. The molecule has 0 fully saturated rings. The van der Waals surface area contributed by atoms with Crippen molar-refractivity contribution in [3.63, 3.8) is 0 Å². The minimum Gasteiger partial charge on any atom is -0.454 e. The van der Waals surface area contributed by atoms with Crippen LogP contribution in [0.4, 0.5) is 0 Å². The van der Waals surface area contributed by atoms with Gasteiger partial charge in [0.2, 0.25) is 12.7 Å². The molecule has 0 aliphatic carbocycles. The van der Waals surface area contributed by atoms with Gasteiger partial charge in [-0.1, -0.05) is 12.1 Å². The Labute approximate surface area is 143 Å². The minimum absolute atomic E-state index is 0.169. The first-order valence-electron chi connectivity index (χ1n) is 7.93. The van der Waals surface area contributed by atoms with E-state index in [0.29, 0.717) is 24.3 Å². The van der Waals surface area contributed by atoms with Crippen LogP contribution in [-0.2, 0) is 11.2 Å². The molecule has 126 valence electrons. The summed E-state index contributed by atoms with van der Waals surface area (Å²) < 4.78 is 10.5. The molecule has 1 aliphatic heterocycles. The van der Waals surface area contributed by atoms with Gasteiger partial charge in [-0.2, -0.15) is 5.10 Å². The predicted molar refractivity (Wildman–Crippen MR) is 92.7 cm³/mol. The molecule has 0 radical (unpaired) electrons. The van der Waals surface area contributed by atoms with Crippen LogP contribution in [0.5, 0.6) is 11.5 Å². The highest BCUT2D eigenvalue weighted by Gasteiger charge is 2.12. The van der Waals surface area contributed by atoms with Gasteiger partial charge in [0.25, 0.3) is 0 Å². The Balaban J connectivity index is 1.30. The first-order chi connectivity index (χ1) is 12.3. The minimum atomic E-state index is -0.169. The number of ether oxygens (including phenoxy) is 2. The summed E-state index contributed by atoms with van der Waals surface area (Å²) in [6.07, 6.45) is 2.40. The van der Waals surface area contributed by atoms with E-state index in [1.165, 1.54) is 0 Å². The number of benzene rings is 2. The number of carbonyl (C=O) groups excluding carboxylic acids is 1. The van der Waals surface area contributed by atoms with Crippen LogP contribution in [0.3, 0.4) is 0 Å². The summed E-state index contributed by atoms with van der Waals surface area (Å²) in [7, 11) is 0. The van der Waals surface area contributed by atoms with Gasteiger partial charge in [-0.25, -0.2) is 10.4 Å². The van der Waals surface area contributed by atoms with Crippen LogP contribution in [0.25, 0.3) is 11.0 Å². The van der Waals surface area contributed by atoms with Crippen molar-refractivity contribution in [1.29, 1.82) is 0 Å². The number of fused-ring (bicyclic) bond motifs is 2. The van der Waals surface area contributed by atoms with Crippen LogP contribution < -0.4 is 14.9 Å². The summed E-state index contributed by atoms with van der Waals surface area (Å²) in [4.78, 5) is 19.5. The average molecular weight is 336 g/mol. The van der Waals surface area contributed by atoms with Crippen molar-refractivity contribution in [2.45, 2.75) is 12.8 Å². The summed E-state index contributed by atoms with van der Waals surface area (Å²) in [5.74, 6) is 2.01. The monoisotopic (exact) mass is 336 g/mol. The second-order valence-electron chi connectivity index (χ2n) is 5.61. The molecule has 2 N–H and O–H groups in total. The summed E-state index contributed by atoms with van der Waals surface area (Å²) in [6, 6.07) is 13.2. The molecular formula is C18H16N4O3. The summed E-state index contributed by atoms with van der Waals surface area (Å²) in [6.45, 7) is 0.231. The molecule has 0 bridgehead atoms. The molecule has 1 amide bonds. The van der Waals surface area contributed by atoms with Crippen LogP contribution in [-0.4, -0.2) is 28.9 Å². The molecule has 3 aromatic rings. The van der Waals surface area contributed by atoms with Crippen LogP contribution in [0, 0.1) is 0 Å². The Morgan fingerprint density at radius 1 is 1.24 bits per heavy atom. The van der Waals surface area contributed by atoms with Crippen molar-refractivity contribution in [2.24, 2.45) is 5.10 Å². The Morgan fingerprint density at radius 2 is 2.12 bits per heavy atom. The number of aryl methyl sites for hydroxylation is 1. The molecule has 25 heavy (non-hydrogen) atoms. The van der Waals surface area contributed by atoms with Gasteiger partial charge in [0.05, 0.1) is 17.2 Å². The first-order valence-corrected chi connectivity index (χ1v) is 7.93. The van der Waals surface area contributed by atoms with E-state index in [1.54, 1.807) is 6.21 Å². The standard InChI is InChI=1S/C18H16N4O3/c23-18(8-7-17-20-13-3-1-2-4-14(13)21-17)22-19-10-12-5-6-15-16(9-12)25-11-24-15/h1-6,9-10H,7-8,11H2,(H,20,21)(H,22,23)/b19-10+. The van der Waals surface area contributed by atoms with E-state index in [0.717, 1.165) is 22.4 Å². The maximum absolute atomic E-state index is 11.9. The molecule has 0 atom stereocenters. The maximum atomic E-state index is 11.9. The van der Waals surface area contributed by atoms with Crippen LogP contribution in [0.1, 0.15) is 17.8 Å². The van der Waals surface area contributed by atoms with Gasteiger partial charge >= 0.3 is 0 Å². The number of carbonyl (C=O) groups is 1. The highest BCUT2D eigenvalue weighted by Crippen LogP contribution is 2.31. The smallest absolute Gasteiger partial charge is 0.240 e. The molecule has 1 aromatic heterocycles. The molecular weight excluding hydrogens is 320 g/mol. The fraction of sp³-hybridized carbons (Fsp3) is 0.167. The van der Waals surface area contributed by atoms with Crippen molar-refractivity contribution in [2.75, 3.05) is 6.79 Å². The molecule has 0 saturated heterocycles. The topological polar surface area (TPSA) is 88.6 Å². The fourth-order valence-corrected chi connectivity index (χ4v) is 2.58. The summed E-state index contributed by atoms with van der Waals surface area (Å²) >= 11 is 0. The molecule has 0 spiro atoms. The van der Waals surface area contributed by atoms with E-state index >= 15 is 0 Å². The van der Waals surface area contributed by atoms with Gasteiger partial charge < -0.3 is 14.5 Å². The van der Waals surface area contributed by atoms with Gasteiger partial charge in [0, 0.05) is 12.8 Å². The Morgan fingerprint density at radius 3 is 3.04 bits per heavy atom. The second kappa shape index (κ2) is 6.64. The zero-order chi connectivity index (χ0) is 17.1. The zero-order valence-electron chi connectivity index (χ0n) is 13.4. The number of hydrazone groups is 1. The van der Waals surface area contributed by atoms with E-state index in [1.807, 2.05) is 42.5 Å². The van der Waals surface area contributed by atoms with Crippen molar-refractivity contribution in [1.82, 2.24) is 15.4 Å². The van der Waals surface area contributed by atoms with Crippen molar-refractivity contribution >= 4 is 23.2 Å². The molecule has 0 unspecified atom stereocenters.